The lowest BCUT2D eigenvalue weighted by atomic mass is 10.3. The molecular formula is C16H24N8OS. The van der Waals surface area contributed by atoms with Gasteiger partial charge in [-0.25, -0.2) is 14.8 Å². The standard InChI is InChI=1S/C16H24N8OS/c1-22(2)16(25)18-9-11-7-12-10-23(5-4-6-24(12)21-11)14-8-13(17)19-15(20-14)26-3/h7-8H,4-6,9-10H2,1-3H3,(H,18,25)(H2,17,19,20). The summed E-state index contributed by atoms with van der Waals surface area (Å²) in [4.78, 5) is 24.2. The number of amides is 2. The van der Waals surface area contributed by atoms with Crippen LogP contribution in [0.3, 0.4) is 0 Å². The van der Waals surface area contributed by atoms with E-state index in [4.69, 9.17) is 5.73 Å². The summed E-state index contributed by atoms with van der Waals surface area (Å²) in [5.41, 5.74) is 7.87. The molecule has 1 aliphatic rings. The Morgan fingerprint density at radius 3 is 2.88 bits per heavy atom. The van der Waals surface area contributed by atoms with Crippen LogP contribution in [0.4, 0.5) is 16.4 Å². The average molecular weight is 376 g/mol. The summed E-state index contributed by atoms with van der Waals surface area (Å²) in [6.07, 6.45) is 2.89. The molecule has 0 saturated carbocycles. The number of aryl methyl sites for hydroxylation is 1. The molecule has 3 heterocycles. The normalized spacial score (nSPS) is 13.9. The van der Waals surface area contributed by atoms with E-state index in [1.54, 1.807) is 14.1 Å². The summed E-state index contributed by atoms with van der Waals surface area (Å²) in [7, 11) is 3.43. The fourth-order valence-corrected chi connectivity index (χ4v) is 3.19. The molecular weight excluding hydrogens is 352 g/mol. The molecule has 0 fully saturated rings. The highest BCUT2D eigenvalue weighted by atomic mass is 32.2. The van der Waals surface area contributed by atoms with Gasteiger partial charge >= 0.3 is 6.03 Å². The maximum absolute atomic E-state index is 11.7. The van der Waals surface area contributed by atoms with Gasteiger partial charge in [0.25, 0.3) is 0 Å². The number of aromatic nitrogens is 4. The van der Waals surface area contributed by atoms with Gasteiger partial charge in [-0.1, -0.05) is 11.8 Å². The van der Waals surface area contributed by atoms with Gasteiger partial charge in [0.2, 0.25) is 0 Å². The molecule has 0 radical (unpaired) electrons. The Labute approximate surface area is 157 Å². The van der Waals surface area contributed by atoms with Gasteiger partial charge in [0, 0.05) is 33.3 Å². The predicted octanol–water partition coefficient (Wildman–Crippen LogP) is 1.16. The number of fused-ring (bicyclic) bond motifs is 1. The minimum Gasteiger partial charge on any atom is -0.383 e. The van der Waals surface area contributed by atoms with Gasteiger partial charge in [0.15, 0.2) is 5.16 Å². The molecule has 0 bridgehead atoms. The minimum atomic E-state index is -0.129. The van der Waals surface area contributed by atoms with E-state index in [-0.39, 0.29) is 6.03 Å². The van der Waals surface area contributed by atoms with E-state index in [0.717, 1.165) is 36.7 Å². The number of hydrogen-bond acceptors (Lipinski definition) is 7. The van der Waals surface area contributed by atoms with Gasteiger partial charge in [-0.05, 0) is 18.7 Å². The van der Waals surface area contributed by atoms with Crippen LogP contribution in [0.25, 0.3) is 0 Å². The van der Waals surface area contributed by atoms with E-state index in [9.17, 15) is 4.79 Å². The summed E-state index contributed by atoms with van der Waals surface area (Å²) >= 11 is 1.48. The maximum Gasteiger partial charge on any atom is 0.317 e. The van der Waals surface area contributed by atoms with Crippen LogP contribution in [0.1, 0.15) is 17.8 Å². The maximum atomic E-state index is 11.7. The van der Waals surface area contributed by atoms with Crippen molar-refractivity contribution in [3.63, 3.8) is 0 Å². The second-order valence-corrected chi connectivity index (χ2v) is 7.09. The van der Waals surface area contributed by atoms with Gasteiger partial charge in [-0.3, -0.25) is 4.68 Å². The highest BCUT2D eigenvalue weighted by Gasteiger charge is 2.19. The molecule has 3 rings (SSSR count). The van der Waals surface area contributed by atoms with E-state index in [1.165, 1.54) is 16.7 Å². The number of urea groups is 1. The summed E-state index contributed by atoms with van der Waals surface area (Å²) in [5.74, 6) is 1.31. The molecule has 0 spiro atoms. The lowest BCUT2D eigenvalue weighted by Crippen LogP contribution is -2.34. The van der Waals surface area contributed by atoms with Gasteiger partial charge in [-0.2, -0.15) is 5.10 Å². The van der Waals surface area contributed by atoms with Crippen LogP contribution in [-0.4, -0.2) is 57.6 Å². The predicted molar refractivity (Wildman–Crippen MR) is 102 cm³/mol. The summed E-state index contributed by atoms with van der Waals surface area (Å²) < 4.78 is 2.01. The van der Waals surface area contributed by atoms with Crippen LogP contribution in [-0.2, 0) is 19.6 Å². The molecule has 2 amide bonds. The van der Waals surface area contributed by atoms with Crippen LogP contribution in [0, 0.1) is 0 Å². The molecule has 0 saturated heterocycles. The molecule has 10 heteroatoms. The quantitative estimate of drug-likeness (QED) is 0.609. The molecule has 0 atom stereocenters. The number of nitrogens with two attached hydrogens (primary N) is 1. The van der Waals surface area contributed by atoms with Gasteiger partial charge in [0.1, 0.15) is 11.6 Å². The number of hydrogen-bond donors (Lipinski definition) is 2. The summed E-state index contributed by atoms with van der Waals surface area (Å²) in [6, 6.07) is 3.72. The van der Waals surface area contributed by atoms with Crippen LogP contribution in [0.5, 0.6) is 0 Å². The first-order valence-corrected chi connectivity index (χ1v) is 9.63. The fourth-order valence-electron chi connectivity index (χ4n) is 2.81. The Kier molecular flexibility index (Phi) is 5.50. The lowest BCUT2D eigenvalue weighted by molar-refractivity contribution is 0.217. The van der Waals surface area contributed by atoms with Gasteiger partial charge < -0.3 is 20.9 Å². The largest absolute Gasteiger partial charge is 0.383 e. The van der Waals surface area contributed by atoms with Crippen molar-refractivity contribution in [2.75, 3.05) is 37.5 Å². The summed E-state index contributed by atoms with van der Waals surface area (Å²) in [5, 5.41) is 8.13. The third-order valence-electron chi connectivity index (χ3n) is 4.11. The molecule has 9 nitrogen and oxygen atoms in total. The zero-order chi connectivity index (χ0) is 18.7. The van der Waals surface area contributed by atoms with Crippen LogP contribution in [0.15, 0.2) is 17.3 Å². The van der Waals surface area contributed by atoms with E-state index >= 15 is 0 Å². The molecule has 140 valence electrons. The second-order valence-electron chi connectivity index (χ2n) is 6.32. The third-order valence-corrected chi connectivity index (χ3v) is 4.66. The number of nitrogens with one attached hydrogen (secondary N) is 1. The topological polar surface area (TPSA) is 105 Å². The van der Waals surface area contributed by atoms with Gasteiger partial charge in [-0.15, -0.1) is 0 Å². The Bertz CT molecular complexity index is 791. The van der Waals surface area contributed by atoms with Gasteiger partial charge in [0.05, 0.1) is 24.5 Å². The van der Waals surface area contributed by atoms with Crippen LogP contribution in [0.2, 0.25) is 0 Å². The van der Waals surface area contributed by atoms with Crippen molar-refractivity contribution in [1.29, 1.82) is 0 Å². The van der Waals surface area contributed by atoms with Crippen LogP contribution >= 0.6 is 11.8 Å². The van der Waals surface area contributed by atoms with E-state index in [2.05, 4.69) is 25.3 Å². The second kappa shape index (κ2) is 7.81. The van der Waals surface area contributed by atoms with Crippen molar-refractivity contribution in [3.05, 3.63) is 23.5 Å². The molecule has 0 unspecified atom stereocenters. The SMILES string of the molecule is CSc1nc(N)cc(N2CCCn3nc(CNC(=O)N(C)C)cc3C2)n1. The first-order valence-electron chi connectivity index (χ1n) is 8.40. The molecule has 2 aromatic heterocycles. The highest BCUT2D eigenvalue weighted by molar-refractivity contribution is 7.98. The van der Waals surface area contributed by atoms with E-state index in [1.807, 2.05) is 23.1 Å². The molecule has 3 N–H and O–H groups in total. The highest BCUT2D eigenvalue weighted by Crippen LogP contribution is 2.23. The van der Waals surface area contributed by atoms with Crippen molar-refractivity contribution in [3.8, 4) is 0 Å². The Balaban J connectivity index is 1.75. The zero-order valence-corrected chi connectivity index (χ0v) is 16.1. The van der Waals surface area contributed by atoms with E-state index in [0.29, 0.717) is 24.1 Å². The number of nitrogens with zero attached hydrogens (tertiary/aromatic N) is 6. The first-order chi connectivity index (χ1) is 12.5. The van der Waals surface area contributed by atoms with Crippen molar-refractivity contribution in [2.24, 2.45) is 0 Å². The van der Waals surface area contributed by atoms with E-state index < -0.39 is 0 Å². The van der Waals surface area contributed by atoms with Crippen LogP contribution < -0.4 is 16.0 Å². The van der Waals surface area contributed by atoms with Crippen molar-refractivity contribution >= 4 is 29.4 Å². The number of thioether (sulfide) groups is 1. The molecule has 0 aliphatic carbocycles. The number of rotatable bonds is 4. The Hall–Kier alpha value is -2.49. The smallest absolute Gasteiger partial charge is 0.317 e. The number of carbonyl (C=O) groups is 1. The number of nitrogen functional groups attached to an aromatic ring is 1. The molecule has 2 aromatic rings. The molecule has 1 aliphatic heterocycles. The first kappa shape index (κ1) is 18.3. The lowest BCUT2D eigenvalue weighted by Gasteiger charge is -2.21. The Morgan fingerprint density at radius 1 is 1.35 bits per heavy atom. The van der Waals surface area contributed by atoms with Crippen molar-refractivity contribution in [2.45, 2.75) is 31.2 Å². The van der Waals surface area contributed by atoms with Crippen molar-refractivity contribution < 1.29 is 4.79 Å². The van der Waals surface area contributed by atoms with Crippen molar-refractivity contribution in [1.82, 2.24) is 30.0 Å². The molecule has 0 aromatic carbocycles. The number of carbonyl (C=O) groups excluding carboxylic acids is 1. The molecule has 26 heavy (non-hydrogen) atoms. The third kappa shape index (κ3) is 4.18. The number of anilines is 2. The Morgan fingerprint density at radius 2 is 2.15 bits per heavy atom. The summed E-state index contributed by atoms with van der Waals surface area (Å²) in [6.45, 7) is 2.82. The minimum absolute atomic E-state index is 0.129. The monoisotopic (exact) mass is 376 g/mol. The average Bonchev–Trinajstić information content (AvgIpc) is 2.89. The fraction of sp³-hybridized carbons (Fsp3) is 0.500. The zero-order valence-electron chi connectivity index (χ0n) is 15.3.